The molecule has 6 nitrogen and oxygen atoms in total. The van der Waals surface area contributed by atoms with Crippen LogP contribution in [0, 0.1) is 17.8 Å². The molecule has 26 heavy (non-hydrogen) atoms. The predicted octanol–water partition coefficient (Wildman–Crippen LogP) is 1.91. The first-order valence-corrected chi connectivity index (χ1v) is 9.32. The van der Waals surface area contributed by atoms with Crippen LogP contribution in [0.5, 0.6) is 0 Å². The maximum atomic E-state index is 12.4. The first-order valence-electron chi connectivity index (χ1n) is 9.32. The van der Waals surface area contributed by atoms with Crippen LogP contribution in [0.3, 0.4) is 0 Å². The number of aliphatic hydroxyl groups is 1. The van der Waals surface area contributed by atoms with E-state index in [1.54, 1.807) is 0 Å². The van der Waals surface area contributed by atoms with E-state index in [9.17, 15) is 14.7 Å². The van der Waals surface area contributed by atoms with Gasteiger partial charge in [-0.3, -0.25) is 4.79 Å². The van der Waals surface area contributed by atoms with Crippen molar-refractivity contribution in [2.75, 3.05) is 0 Å². The zero-order valence-corrected chi connectivity index (χ0v) is 15.5. The van der Waals surface area contributed by atoms with E-state index in [0.717, 1.165) is 0 Å². The third-order valence-corrected chi connectivity index (χ3v) is 6.94. The molecule has 2 heterocycles. The van der Waals surface area contributed by atoms with Gasteiger partial charge in [0.05, 0.1) is 29.5 Å². The quantitative estimate of drug-likeness (QED) is 0.357. The van der Waals surface area contributed by atoms with Crippen LogP contribution in [0.2, 0.25) is 0 Å². The van der Waals surface area contributed by atoms with Gasteiger partial charge in [0, 0.05) is 18.4 Å². The summed E-state index contributed by atoms with van der Waals surface area (Å²) in [6.45, 7) is 13.7. The van der Waals surface area contributed by atoms with Gasteiger partial charge in [-0.15, -0.1) is 0 Å². The molecule has 6 heteroatoms. The topological polar surface area (TPSA) is 85.4 Å². The Balaban J connectivity index is 1.72. The highest BCUT2D eigenvalue weighted by Crippen LogP contribution is 2.65. The minimum atomic E-state index is -1.19. The Morgan fingerprint density at radius 3 is 2.81 bits per heavy atom. The van der Waals surface area contributed by atoms with Gasteiger partial charge in [0.1, 0.15) is 17.8 Å². The highest BCUT2D eigenvalue weighted by atomic mass is 16.6. The molecule has 0 aromatic carbocycles. The molecule has 0 bridgehead atoms. The second-order valence-electron chi connectivity index (χ2n) is 8.41. The Morgan fingerprint density at radius 1 is 1.46 bits per heavy atom. The van der Waals surface area contributed by atoms with Crippen LogP contribution in [-0.4, -0.2) is 46.6 Å². The van der Waals surface area contributed by atoms with Gasteiger partial charge in [-0.2, -0.15) is 0 Å². The van der Waals surface area contributed by atoms with Gasteiger partial charge in [0.2, 0.25) is 0 Å². The molecule has 0 spiro atoms. The van der Waals surface area contributed by atoms with Gasteiger partial charge >= 0.3 is 11.9 Å². The van der Waals surface area contributed by atoms with E-state index in [1.807, 2.05) is 20.8 Å². The van der Waals surface area contributed by atoms with Crippen molar-refractivity contribution in [3.8, 4) is 0 Å². The Hall–Kier alpha value is -1.66. The molecule has 0 aromatic rings. The molecule has 2 saturated heterocycles. The standard InChI is InChI=1S/C20H26O6/c1-6-9(2)17(21)24-12-7-10(3)20(23)8-13-19(5,26-13)16(20)15-14(12)11(4)18(22)25-15/h9,12-16,23H,3-4,6-8H2,1-2,5H3/t9-,12+,13-,14-,15+,16+,19-,20-/m1/s1. The summed E-state index contributed by atoms with van der Waals surface area (Å²) < 4.78 is 17.2. The van der Waals surface area contributed by atoms with Crippen LogP contribution in [0.25, 0.3) is 0 Å². The second kappa shape index (κ2) is 5.42. The number of fused-ring (bicyclic) bond motifs is 5. The Morgan fingerprint density at radius 2 is 2.15 bits per heavy atom. The van der Waals surface area contributed by atoms with Gasteiger partial charge in [-0.05, 0) is 18.9 Å². The van der Waals surface area contributed by atoms with Gasteiger partial charge in [0.15, 0.2) is 0 Å². The van der Waals surface area contributed by atoms with Crippen molar-refractivity contribution in [1.29, 1.82) is 0 Å². The summed E-state index contributed by atoms with van der Waals surface area (Å²) in [5.74, 6) is -1.99. The first-order chi connectivity index (χ1) is 12.1. The second-order valence-corrected chi connectivity index (χ2v) is 8.41. The summed E-state index contributed by atoms with van der Waals surface area (Å²) in [5, 5.41) is 11.4. The van der Waals surface area contributed by atoms with Crippen molar-refractivity contribution >= 4 is 11.9 Å². The largest absolute Gasteiger partial charge is 0.461 e. The molecule has 0 amide bonds. The average Bonchev–Trinajstić information content (AvgIpc) is 3.05. The molecule has 4 aliphatic rings. The SMILES string of the molecule is C=C1C(=O)O[C@H]2[C@H]1[C@@H](OC(=O)[C@H](C)CC)CC(=C)[C@]1(O)C[C@H]3O[C@@]3(C)[C@H]21. The van der Waals surface area contributed by atoms with Crippen molar-refractivity contribution in [2.45, 2.75) is 69.5 Å². The molecule has 8 atom stereocenters. The number of hydrogen-bond acceptors (Lipinski definition) is 6. The minimum absolute atomic E-state index is 0.0679. The lowest BCUT2D eigenvalue weighted by Gasteiger charge is -2.37. The van der Waals surface area contributed by atoms with E-state index in [2.05, 4.69) is 13.2 Å². The molecule has 2 aliphatic heterocycles. The molecule has 2 aliphatic carbocycles. The fraction of sp³-hybridized carbons (Fsp3) is 0.700. The van der Waals surface area contributed by atoms with Crippen molar-refractivity contribution in [1.82, 2.24) is 0 Å². The fourth-order valence-corrected chi connectivity index (χ4v) is 5.05. The van der Waals surface area contributed by atoms with E-state index < -0.39 is 41.2 Å². The molecule has 0 unspecified atom stereocenters. The number of carbonyl (C=O) groups excluding carboxylic acids is 2. The van der Waals surface area contributed by atoms with E-state index in [0.29, 0.717) is 24.0 Å². The van der Waals surface area contributed by atoms with Crippen molar-refractivity contribution in [2.24, 2.45) is 17.8 Å². The van der Waals surface area contributed by atoms with Gasteiger partial charge in [-0.25, -0.2) is 4.79 Å². The van der Waals surface area contributed by atoms with E-state index in [4.69, 9.17) is 14.2 Å². The lowest BCUT2D eigenvalue weighted by Crippen LogP contribution is -2.49. The van der Waals surface area contributed by atoms with Crippen molar-refractivity contribution < 1.29 is 28.9 Å². The van der Waals surface area contributed by atoms with Gasteiger partial charge < -0.3 is 19.3 Å². The van der Waals surface area contributed by atoms with Crippen molar-refractivity contribution in [3.05, 3.63) is 24.3 Å². The molecule has 2 saturated carbocycles. The number of carbonyl (C=O) groups is 2. The van der Waals surface area contributed by atoms with E-state index in [1.165, 1.54) is 0 Å². The van der Waals surface area contributed by atoms with Crippen LogP contribution in [0.4, 0.5) is 0 Å². The maximum Gasteiger partial charge on any atom is 0.334 e. The number of ether oxygens (including phenoxy) is 3. The third kappa shape index (κ3) is 2.18. The summed E-state index contributed by atoms with van der Waals surface area (Å²) >= 11 is 0. The summed E-state index contributed by atoms with van der Waals surface area (Å²) in [4.78, 5) is 24.7. The average molecular weight is 362 g/mol. The summed E-state index contributed by atoms with van der Waals surface area (Å²) in [7, 11) is 0. The molecule has 1 N–H and O–H groups in total. The smallest absolute Gasteiger partial charge is 0.334 e. The van der Waals surface area contributed by atoms with Crippen LogP contribution in [0.15, 0.2) is 24.3 Å². The number of rotatable bonds is 3. The fourth-order valence-electron chi connectivity index (χ4n) is 5.05. The summed E-state index contributed by atoms with van der Waals surface area (Å²) in [6, 6.07) is 0. The predicted molar refractivity (Wildman–Crippen MR) is 91.9 cm³/mol. The first kappa shape index (κ1) is 17.7. The summed E-state index contributed by atoms with van der Waals surface area (Å²) in [6.07, 6.45) is 0.0506. The number of epoxide rings is 1. The zero-order valence-electron chi connectivity index (χ0n) is 15.5. The van der Waals surface area contributed by atoms with Crippen LogP contribution >= 0.6 is 0 Å². The van der Waals surface area contributed by atoms with Gasteiger partial charge in [-0.1, -0.05) is 27.0 Å². The third-order valence-electron chi connectivity index (χ3n) is 6.94. The molecular weight excluding hydrogens is 336 g/mol. The lowest BCUT2D eigenvalue weighted by atomic mass is 9.75. The monoisotopic (exact) mass is 362 g/mol. The molecule has 0 radical (unpaired) electrons. The normalized spacial score (nSPS) is 47.4. The molecule has 0 aromatic heterocycles. The van der Waals surface area contributed by atoms with Crippen LogP contribution in [-0.2, 0) is 23.8 Å². The maximum absolute atomic E-state index is 12.4. The zero-order chi connectivity index (χ0) is 19.0. The van der Waals surface area contributed by atoms with Crippen LogP contribution in [0.1, 0.15) is 40.0 Å². The Labute approximate surface area is 153 Å². The molecule has 142 valence electrons. The Bertz CT molecular complexity index is 713. The number of esters is 2. The van der Waals surface area contributed by atoms with Crippen LogP contribution < -0.4 is 0 Å². The van der Waals surface area contributed by atoms with Gasteiger partial charge in [0.25, 0.3) is 0 Å². The minimum Gasteiger partial charge on any atom is -0.461 e. The molecule has 4 rings (SSSR count). The highest BCUT2D eigenvalue weighted by molar-refractivity contribution is 5.91. The van der Waals surface area contributed by atoms with E-state index >= 15 is 0 Å². The highest BCUT2D eigenvalue weighted by Gasteiger charge is 2.77. The van der Waals surface area contributed by atoms with Crippen molar-refractivity contribution in [3.63, 3.8) is 0 Å². The lowest BCUT2D eigenvalue weighted by molar-refractivity contribution is -0.158. The Kier molecular flexibility index (Phi) is 3.70. The summed E-state index contributed by atoms with van der Waals surface area (Å²) in [5.41, 5.74) is -0.842. The van der Waals surface area contributed by atoms with E-state index in [-0.39, 0.29) is 24.4 Å². The molecular formula is C20H26O6. The molecule has 4 fully saturated rings. The number of hydrogen-bond donors (Lipinski definition) is 1.